The maximum Gasteiger partial charge on any atom is 0.286 e. The quantitative estimate of drug-likeness (QED) is 0.312. The molecule has 2 aliphatic carbocycles. The third-order valence-corrected chi connectivity index (χ3v) is 13.1. The van der Waals surface area contributed by atoms with E-state index in [4.69, 9.17) is 21.1 Å². The van der Waals surface area contributed by atoms with Gasteiger partial charge in [0, 0.05) is 61.6 Å². The monoisotopic (exact) mass is 719 g/mol. The summed E-state index contributed by atoms with van der Waals surface area (Å²) in [6.07, 6.45) is 12.6. The van der Waals surface area contributed by atoms with Crippen LogP contribution in [0.4, 0.5) is 5.69 Å². The first-order valence-corrected chi connectivity index (χ1v) is 19.8. The van der Waals surface area contributed by atoms with E-state index in [2.05, 4.69) is 43.4 Å². The van der Waals surface area contributed by atoms with E-state index in [-0.39, 0.29) is 23.7 Å². The van der Waals surface area contributed by atoms with Crippen molar-refractivity contribution in [1.29, 1.82) is 0 Å². The van der Waals surface area contributed by atoms with Crippen molar-refractivity contribution in [3.8, 4) is 5.75 Å². The van der Waals surface area contributed by atoms with Gasteiger partial charge >= 0.3 is 0 Å². The maximum absolute atomic E-state index is 14.3. The van der Waals surface area contributed by atoms with Crippen molar-refractivity contribution in [1.82, 2.24) is 14.5 Å². The summed E-state index contributed by atoms with van der Waals surface area (Å²) in [4.78, 5) is 29.4. The number of nitrogens with zero attached hydrogens (tertiary/aromatic N) is 4. The largest absolute Gasteiger partial charge is 0.490 e. The average molecular weight is 720 g/mol. The van der Waals surface area contributed by atoms with Crippen molar-refractivity contribution < 1.29 is 23.3 Å². The van der Waals surface area contributed by atoms with Crippen LogP contribution in [0.2, 0.25) is 5.02 Å². The number of ether oxygens (including phenoxy) is 2. The number of fused-ring (bicyclic) bond motifs is 4. The van der Waals surface area contributed by atoms with Crippen LogP contribution in [0.25, 0.3) is 0 Å². The Morgan fingerprint density at radius 1 is 1.18 bits per heavy atom. The molecular formula is C38H46ClN5O5S. The number of nitrogens with one attached hydrogen (secondary N) is 1. The lowest BCUT2D eigenvalue weighted by atomic mass is 9.68. The number of aromatic nitrogens is 2. The van der Waals surface area contributed by atoms with Crippen LogP contribution < -0.4 is 14.4 Å². The molecule has 266 valence electrons. The van der Waals surface area contributed by atoms with Gasteiger partial charge in [-0.3, -0.25) is 19.0 Å². The highest BCUT2D eigenvalue weighted by Gasteiger charge is 2.44. The molecule has 7 rings (SSSR count). The molecule has 50 heavy (non-hydrogen) atoms. The van der Waals surface area contributed by atoms with Gasteiger partial charge in [-0.1, -0.05) is 29.8 Å². The molecule has 3 heterocycles. The number of rotatable bonds is 5. The Morgan fingerprint density at radius 2 is 2.06 bits per heavy atom. The normalized spacial score (nSPS) is 28.7. The van der Waals surface area contributed by atoms with Gasteiger partial charge in [0.15, 0.2) is 0 Å². The number of amides is 2. The van der Waals surface area contributed by atoms with Crippen molar-refractivity contribution in [3.63, 3.8) is 0 Å². The first-order chi connectivity index (χ1) is 24.1. The fourth-order valence-corrected chi connectivity index (χ4v) is 10.1. The second-order valence-electron chi connectivity index (χ2n) is 14.3. The highest BCUT2D eigenvalue weighted by atomic mass is 35.5. The number of anilines is 1. The molecule has 2 aromatic carbocycles. The van der Waals surface area contributed by atoms with Crippen LogP contribution in [0.1, 0.15) is 72.1 Å². The number of hydrogen-bond donors (Lipinski definition) is 1. The number of carbonyl (C=O) groups is 2. The molecule has 2 bridgehead atoms. The molecule has 1 aromatic heterocycles. The zero-order valence-corrected chi connectivity index (χ0v) is 30.4. The van der Waals surface area contributed by atoms with Gasteiger partial charge in [-0.25, -0.2) is 4.21 Å². The number of halogens is 1. The van der Waals surface area contributed by atoms with Crippen LogP contribution in [-0.4, -0.2) is 64.5 Å². The Morgan fingerprint density at radius 3 is 2.84 bits per heavy atom. The summed E-state index contributed by atoms with van der Waals surface area (Å²) >= 11 is 6.45. The topological polar surface area (TPSA) is 115 Å². The zero-order valence-electron chi connectivity index (χ0n) is 28.8. The highest BCUT2D eigenvalue weighted by molar-refractivity contribution is 7.92. The summed E-state index contributed by atoms with van der Waals surface area (Å²) in [7, 11) is 0.166. The lowest BCUT2D eigenvalue weighted by Gasteiger charge is -2.46. The molecule has 1 N–H and O–H groups in total. The predicted octanol–water partition coefficient (Wildman–Crippen LogP) is 6.21. The molecule has 0 radical (unpaired) electrons. The summed E-state index contributed by atoms with van der Waals surface area (Å²) in [6.45, 7) is 2.03. The van der Waals surface area contributed by atoms with E-state index in [1.807, 2.05) is 31.3 Å². The number of benzene rings is 2. The van der Waals surface area contributed by atoms with Gasteiger partial charge < -0.3 is 14.4 Å². The Kier molecular flexibility index (Phi) is 10.1. The van der Waals surface area contributed by atoms with Crippen molar-refractivity contribution in [2.75, 3.05) is 37.5 Å². The standard InChI is InChI=1S/C38H46ClN5O5S/c1-43-30(17-19-40-43)12-16-36(45)41-50(47)20-5-3-4-8-34(48-2)31-13-9-28(31)23-44-24-38(18-6-7-26-21-29(39)11-14-32(26)38)25-49-35-15-10-27(22-33(35)44)37(46)42-50/h4,8,10-11,14-15,17,19,21-22,28,31,34H,3,5-7,9,12-13,16,18,20,23-25H2,1-2H3,(H,41,42,45,46,47)/b8-4+/t28-,31+,34-,38-,50+/m0/s1. The lowest BCUT2D eigenvalue weighted by Crippen LogP contribution is -2.49. The van der Waals surface area contributed by atoms with Gasteiger partial charge in [-0.05, 0) is 111 Å². The minimum absolute atomic E-state index is 0.0375. The van der Waals surface area contributed by atoms with Crippen LogP contribution in [0.15, 0.2) is 65.2 Å². The maximum atomic E-state index is 14.3. The van der Waals surface area contributed by atoms with Gasteiger partial charge in [0.25, 0.3) is 5.91 Å². The first-order valence-electron chi connectivity index (χ1n) is 17.7. The SMILES string of the molecule is CO[C@H]1/C=C/CCC[S@@](=O)(NC(=O)CCc2ccnn2C)=NC(=O)c2ccc3c(c2)N(C[C@@H]2CC[C@H]21)C[C@@]1(CCCc2cc(Cl)ccc21)CO3. The first kappa shape index (κ1) is 34.8. The Hall–Kier alpha value is -3.67. The second kappa shape index (κ2) is 14.5. The smallest absolute Gasteiger partial charge is 0.286 e. The zero-order chi connectivity index (χ0) is 34.9. The molecule has 2 aliphatic heterocycles. The fourth-order valence-electron chi connectivity index (χ4n) is 8.23. The molecule has 1 fully saturated rings. The summed E-state index contributed by atoms with van der Waals surface area (Å²) in [5.41, 5.74) is 4.32. The molecule has 5 atom stereocenters. The number of methoxy groups -OCH3 is 1. The van der Waals surface area contributed by atoms with E-state index in [9.17, 15) is 13.8 Å². The molecule has 2 amide bonds. The molecule has 4 aliphatic rings. The average Bonchev–Trinajstić information content (AvgIpc) is 3.43. The van der Waals surface area contributed by atoms with Crippen LogP contribution in [0.3, 0.4) is 0 Å². The Labute approximate surface area is 299 Å². The van der Waals surface area contributed by atoms with Crippen LogP contribution in [-0.2, 0) is 44.8 Å². The summed E-state index contributed by atoms with van der Waals surface area (Å²) in [5.74, 6) is 0.477. The van der Waals surface area contributed by atoms with E-state index >= 15 is 0 Å². The summed E-state index contributed by atoms with van der Waals surface area (Å²) < 4.78 is 35.5. The Bertz CT molecular complexity index is 1920. The van der Waals surface area contributed by atoms with Crippen LogP contribution in [0.5, 0.6) is 5.75 Å². The van der Waals surface area contributed by atoms with Crippen molar-refractivity contribution in [2.45, 2.75) is 69.3 Å². The third kappa shape index (κ3) is 7.22. The lowest BCUT2D eigenvalue weighted by molar-refractivity contribution is -0.119. The van der Waals surface area contributed by atoms with Gasteiger partial charge in [0.1, 0.15) is 15.7 Å². The van der Waals surface area contributed by atoms with Gasteiger partial charge in [-0.2, -0.15) is 5.10 Å². The molecule has 10 nitrogen and oxygen atoms in total. The number of carbonyl (C=O) groups excluding carboxylic acids is 2. The summed E-state index contributed by atoms with van der Waals surface area (Å²) in [5, 5.41) is 4.90. The Balaban J connectivity index is 1.24. The predicted molar refractivity (Wildman–Crippen MR) is 195 cm³/mol. The minimum Gasteiger partial charge on any atom is -0.490 e. The molecule has 0 saturated heterocycles. The molecule has 12 heteroatoms. The number of hydrogen-bond acceptors (Lipinski definition) is 7. The van der Waals surface area contributed by atoms with Crippen LogP contribution >= 0.6 is 11.6 Å². The molecular weight excluding hydrogens is 674 g/mol. The third-order valence-electron chi connectivity index (χ3n) is 11.1. The number of allylic oxidation sites excluding steroid dienone is 1. The van der Waals surface area contributed by atoms with Gasteiger partial charge in [0.2, 0.25) is 5.91 Å². The molecule has 0 unspecified atom stereocenters. The van der Waals surface area contributed by atoms with Crippen molar-refractivity contribution in [2.24, 2.45) is 23.2 Å². The highest BCUT2D eigenvalue weighted by Crippen LogP contribution is 2.47. The second-order valence-corrected chi connectivity index (χ2v) is 16.8. The minimum atomic E-state index is -3.41. The van der Waals surface area contributed by atoms with Crippen molar-refractivity contribution in [3.05, 3.63) is 88.2 Å². The van der Waals surface area contributed by atoms with Gasteiger partial charge in [-0.15, -0.1) is 4.36 Å². The fraction of sp³-hybridized carbons (Fsp3) is 0.500. The van der Waals surface area contributed by atoms with Crippen LogP contribution in [0, 0.1) is 11.8 Å². The number of aryl methyl sites for hydroxylation is 3. The van der Waals surface area contributed by atoms with E-state index in [0.717, 1.165) is 61.6 Å². The van der Waals surface area contributed by atoms with E-state index < -0.39 is 21.7 Å². The molecule has 3 aromatic rings. The van der Waals surface area contributed by atoms with Gasteiger partial charge in [0.05, 0.1) is 24.2 Å². The van der Waals surface area contributed by atoms with E-state index in [1.54, 1.807) is 24.1 Å². The molecule has 1 spiro atoms. The van der Waals surface area contributed by atoms with E-state index in [0.29, 0.717) is 49.0 Å². The summed E-state index contributed by atoms with van der Waals surface area (Å²) in [6, 6.07) is 13.4. The molecule has 1 saturated carbocycles. The van der Waals surface area contributed by atoms with Crippen molar-refractivity contribution >= 4 is 39.0 Å². The van der Waals surface area contributed by atoms with E-state index in [1.165, 1.54) is 11.1 Å².